The van der Waals surface area contributed by atoms with Crippen molar-refractivity contribution in [3.05, 3.63) is 83.9 Å². The Hall–Kier alpha value is -2.39. The lowest BCUT2D eigenvalue weighted by molar-refractivity contribution is -0.136. The van der Waals surface area contributed by atoms with Crippen molar-refractivity contribution in [1.29, 1.82) is 0 Å². The molecule has 0 amide bonds. The third-order valence-electron chi connectivity index (χ3n) is 3.44. The Labute approximate surface area is 124 Å². The molecule has 0 spiro atoms. The van der Waals surface area contributed by atoms with Gasteiger partial charge in [-0.05, 0) is 11.1 Å². The van der Waals surface area contributed by atoms with Crippen LogP contribution in [0.25, 0.3) is 0 Å². The van der Waals surface area contributed by atoms with Gasteiger partial charge in [0.2, 0.25) is 0 Å². The Kier molecular flexibility index (Phi) is 4.90. The molecule has 2 aromatic carbocycles. The number of ether oxygens (including phenoxy) is 1. The van der Waals surface area contributed by atoms with Crippen molar-refractivity contribution in [2.45, 2.75) is 12.0 Å². The highest BCUT2D eigenvalue weighted by molar-refractivity contribution is 5.89. The maximum Gasteiger partial charge on any atom is 0.333 e. The summed E-state index contributed by atoms with van der Waals surface area (Å²) in [6.07, 6.45) is -0.861. The number of aliphatic hydroxyl groups excluding tert-OH is 1. The van der Waals surface area contributed by atoms with Crippen LogP contribution in [0.4, 0.5) is 0 Å². The fourth-order valence-corrected chi connectivity index (χ4v) is 2.34. The monoisotopic (exact) mass is 282 g/mol. The van der Waals surface area contributed by atoms with Crippen molar-refractivity contribution in [3.63, 3.8) is 0 Å². The van der Waals surface area contributed by atoms with Crippen LogP contribution in [0.5, 0.6) is 0 Å². The van der Waals surface area contributed by atoms with Gasteiger partial charge in [0.25, 0.3) is 0 Å². The minimum atomic E-state index is -0.861. The summed E-state index contributed by atoms with van der Waals surface area (Å²) in [5.41, 5.74) is 1.79. The molecule has 2 rings (SSSR count). The first-order valence-corrected chi connectivity index (χ1v) is 6.70. The van der Waals surface area contributed by atoms with Crippen LogP contribution in [-0.4, -0.2) is 18.2 Å². The molecule has 0 saturated heterocycles. The number of benzene rings is 2. The largest absolute Gasteiger partial charge is 0.466 e. The topological polar surface area (TPSA) is 46.5 Å². The summed E-state index contributed by atoms with van der Waals surface area (Å²) in [7, 11) is 1.31. The molecule has 0 unspecified atom stereocenters. The first-order valence-electron chi connectivity index (χ1n) is 6.70. The number of carbonyl (C=O) groups excluding carboxylic acids is 1. The molecule has 3 nitrogen and oxygen atoms in total. The summed E-state index contributed by atoms with van der Waals surface area (Å²) in [6, 6.07) is 18.6. The Morgan fingerprint density at radius 1 is 1.00 bits per heavy atom. The molecular weight excluding hydrogens is 264 g/mol. The summed E-state index contributed by atoms with van der Waals surface area (Å²) >= 11 is 0. The predicted octanol–water partition coefficient (Wildman–Crippen LogP) is 3.23. The lowest BCUT2D eigenvalue weighted by Crippen LogP contribution is -2.19. The third-order valence-corrected chi connectivity index (χ3v) is 3.44. The van der Waals surface area contributed by atoms with E-state index in [0.717, 1.165) is 11.1 Å². The van der Waals surface area contributed by atoms with E-state index in [0.29, 0.717) is 0 Å². The molecule has 0 bridgehead atoms. The van der Waals surface area contributed by atoms with E-state index < -0.39 is 18.0 Å². The summed E-state index contributed by atoms with van der Waals surface area (Å²) in [6.45, 7) is 3.81. The van der Waals surface area contributed by atoms with Gasteiger partial charge in [-0.3, -0.25) is 0 Å². The fourth-order valence-electron chi connectivity index (χ4n) is 2.34. The number of esters is 1. The zero-order chi connectivity index (χ0) is 15.2. The molecule has 0 fully saturated rings. The second-order valence-corrected chi connectivity index (χ2v) is 4.76. The lowest BCUT2D eigenvalue weighted by Gasteiger charge is -2.24. The summed E-state index contributed by atoms with van der Waals surface area (Å²) in [4.78, 5) is 11.8. The highest BCUT2D eigenvalue weighted by atomic mass is 16.5. The number of carbonyl (C=O) groups is 1. The van der Waals surface area contributed by atoms with Gasteiger partial charge in [-0.25, -0.2) is 4.79 Å². The van der Waals surface area contributed by atoms with E-state index in [1.54, 1.807) is 0 Å². The fraction of sp³-hybridized carbons (Fsp3) is 0.167. The number of methoxy groups -OCH3 is 1. The quantitative estimate of drug-likeness (QED) is 0.676. The van der Waals surface area contributed by atoms with Crippen LogP contribution >= 0.6 is 0 Å². The van der Waals surface area contributed by atoms with E-state index in [9.17, 15) is 9.90 Å². The maximum atomic E-state index is 11.8. The minimum absolute atomic E-state index is 0.236. The van der Waals surface area contributed by atoms with Gasteiger partial charge < -0.3 is 9.84 Å². The highest BCUT2D eigenvalue weighted by Crippen LogP contribution is 2.36. The number of hydrogen-bond acceptors (Lipinski definition) is 3. The SMILES string of the molecule is C=C(C(=O)OC)[C@H](c1ccccc1)[C@@H](O)c1ccccc1. The van der Waals surface area contributed by atoms with Crippen molar-refractivity contribution in [2.75, 3.05) is 7.11 Å². The molecule has 1 N–H and O–H groups in total. The van der Waals surface area contributed by atoms with E-state index in [4.69, 9.17) is 4.74 Å². The van der Waals surface area contributed by atoms with Gasteiger partial charge in [-0.15, -0.1) is 0 Å². The van der Waals surface area contributed by atoms with Gasteiger partial charge in [0, 0.05) is 11.5 Å². The van der Waals surface area contributed by atoms with Crippen LogP contribution in [0.2, 0.25) is 0 Å². The van der Waals surface area contributed by atoms with Crippen LogP contribution in [0.3, 0.4) is 0 Å². The molecular formula is C18H18O3. The van der Waals surface area contributed by atoms with E-state index in [1.165, 1.54) is 7.11 Å². The van der Waals surface area contributed by atoms with Crippen LogP contribution < -0.4 is 0 Å². The molecule has 2 atom stereocenters. The van der Waals surface area contributed by atoms with Crippen LogP contribution in [0, 0.1) is 0 Å². The molecule has 2 aromatic rings. The molecule has 3 heteroatoms. The first-order chi connectivity index (χ1) is 10.1. The van der Waals surface area contributed by atoms with E-state index >= 15 is 0 Å². The average Bonchev–Trinajstić information content (AvgIpc) is 2.56. The van der Waals surface area contributed by atoms with Crippen molar-refractivity contribution in [2.24, 2.45) is 0 Å². The Balaban J connectivity index is 2.41. The Morgan fingerprint density at radius 3 is 1.95 bits per heavy atom. The molecule has 0 aromatic heterocycles. The zero-order valence-corrected chi connectivity index (χ0v) is 11.9. The van der Waals surface area contributed by atoms with Gasteiger partial charge in [-0.2, -0.15) is 0 Å². The van der Waals surface area contributed by atoms with Gasteiger partial charge in [0.15, 0.2) is 0 Å². The first kappa shape index (κ1) is 15.0. The molecule has 0 aliphatic heterocycles. The smallest absolute Gasteiger partial charge is 0.333 e. The molecule has 0 saturated carbocycles. The van der Waals surface area contributed by atoms with E-state index in [-0.39, 0.29) is 5.57 Å². The van der Waals surface area contributed by atoms with Crippen LogP contribution in [0.1, 0.15) is 23.1 Å². The molecule has 0 heterocycles. The Morgan fingerprint density at radius 2 is 1.48 bits per heavy atom. The van der Waals surface area contributed by atoms with Crippen LogP contribution in [0.15, 0.2) is 72.8 Å². The van der Waals surface area contributed by atoms with Gasteiger partial charge in [-0.1, -0.05) is 67.2 Å². The van der Waals surface area contributed by atoms with Crippen molar-refractivity contribution < 1.29 is 14.6 Å². The standard InChI is InChI=1S/C18H18O3/c1-13(18(20)21-2)16(14-9-5-3-6-10-14)17(19)15-11-7-4-8-12-15/h3-12,16-17,19H,1H2,2H3/t16-,17+/m1/s1. The molecule has 0 radical (unpaired) electrons. The zero-order valence-electron chi connectivity index (χ0n) is 11.9. The molecule has 108 valence electrons. The van der Waals surface area contributed by atoms with Crippen LogP contribution in [-0.2, 0) is 9.53 Å². The predicted molar refractivity (Wildman–Crippen MR) is 81.7 cm³/mol. The van der Waals surface area contributed by atoms with Crippen molar-refractivity contribution >= 4 is 5.97 Å². The maximum absolute atomic E-state index is 11.8. The number of aliphatic hydroxyl groups is 1. The average molecular weight is 282 g/mol. The highest BCUT2D eigenvalue weighted by Gasteiger charge is 2.29. The van der Waals surface area contributed by atoms with Gasteiger partial charge in [0.05, 0.1) is 13.2 Å². The van der Waals surface area contributed by atoms with Gasteiger partial charge in [0.1, 0.15) is 0 Å². The second kappa shape index (κ2) is 6.86. The van der Waals surface area contributed by atoms with Crippen molar-refractivity contribution in [1.82, 2.24) is 0 Å². The summed E-state index contributed by atoms with van der Waals surface area (Å²) in [5.74, 6) is -1.06. The number of rotatable bonds is 5. The minimum Gasteiger partial charge on any atom is -0.466 e. The normalized spacial score (nSPS) is 13.2. The number of hydrogen-bond donors (Lipinski definition) is 1. The third kappa shape index (κ3) is 3.38. The van der Waals surface area contributed by atoms with E-state index in [2.05, 4.69) is 6.58 Å². The second-order valence-electron chi connectivity index (χ2n) is 4.76. The Bertz CT molecular complexity index is 605. The van der Waals surface area contributed by atoms with Crippen molar-refractivity contribution in [3.8, 4) is 0 Å². The molecule has 0 aliphatic carbocycles. The van der Waals surface area contributed by atoms with Gasteiger partial charge >= 0.3 is 5.97 Å². The summed E-state index contributed by atoms with van der Waals surface area (Å²) in [5, 5.41) is 10.7. The molecule has 21 heavy (non-hydrogen) atoms. The molecule has 0 aliphatic rings. The van der Waals surface area contributed by atoms with E-state index in [1.807, 2.05) is 60.7 Å². The summed E-state index contributed by atoms with van der Waals surface area (Å²) < 4.78 is 4.75. The lowest BCUT2D eigenvalue weighted by atomic mass is 9.84.